The molecule has 0 radical (unpaired) electrons. The molecule has 11 atom stereocenters. The van der Waals surface area contributed by atoms with Crippen LogP contribution in [0.1, 0.15) is 33.1 Å². The van der Waals surface area contributed by atoms with Gasteiger partial charge in [0.05, 0.1) is 36.4 Å². The summed E-state index contributed by atoms with van der Waals surface area (Å²) >= 11 is 0. The molecule has 0 aromatic carbocycles. The molecule has 3 heterocycles. The maximum Gasteiger partial charge on any atom is 0.201 e. The Balaban J connectivity index is 1.64. The largest absolute Gasteiger partial charge is 0.392 e. The molecule has 0 aromatic rings. The Morgan fingerprint density at radius 1 is 1.12 bits per heavy atom. The fraction of sp³-hybridized carbons (Fsp3) is 0.900. The summed E-state index contributed by atoms with van der Waals surface area (Å²) in [5.41, 5.74) is -1.36. The molecule has 4 bridgehead atoms. The molecule has 144 valence electrons. The monoisotopic (exact) mass is 364 g/mol. The van der Waals surface area contributed by atoms with E-state index in [0.29, 0.717) is 18.4 Å². The summed E-state index contributed by atoms with van der Waals surface area (Å²) in [6.45, 7) is 8.49. The Hall–Kier alpha value is -0.500. The van der Waals surface area contributed by atoms with E-state index in [1.807, 2.05) is 0 Å². The summed E-state index contributed by atoms with van der Waals surface area (Å²) < 4.78 is 12.0. The van der Waals surface area contributed by atoms with E-state index < -0.39 is 34.9 Å². The fourth-order valence-corrected chi connectivity index (χ4v) is 8.36. The van der Waals surface area contributed by atoms with Gasteiger partial charge in [-0.05, 0) is 30.3 Å². The smallest absolute Gasteiger partial charge is 0.201 e. The van der Waals surface area contributed by atoms with Gasteiger partial charge in [-0.2, -0.15) is 0 Å². The van der Waals surface area contributed by atoms with E-state index in [-0.39, 0.29) is 42.0 Å². The van der Waals surface area contributed by atoms with E-state index in [1.54, 1.807) is 0 Å². The molecule has 3 aliphatic heterocycles. The molecule has 26 heavy (non-hydrogen) atoms. The highest BCUT2D eigenvalue weighted by Gasteiger charge is 2.88. The molecule has 4 saturated carbocycles. The molecule has 1 unspecified atom stereocenters. The van der Waals surface area contributed by atoms with Gasteiger partial charge in [0.1, 0.15) is 6.10 Å². The van der Waals surface area contributed by atoms with Gasteiger partial charge in [0, 0.05) is 23.2 Å². The Morgan fingerprint density at radius 2 is 1.85 bits per heavy atom. The minimum absolute atomic E-state index is 0.00475. The molecule has 3 saturated heterocycles. The van der Waals surface area contributed by atoms with Gasteiger partial charge in [0.2, 0.25) is 5.79 Å². The summed E-state index contributed by atoms with van der Waals surface area (Å²) in [4.78, 5) is 0. The molecule has 2 spiro atoms. The molecule has 6 nitrogen and oxygen atoms in total. The summed E-state index contributed by atoms with van der Waals surface area (Å²) in [5.74, 6) is -2.41. The van der Waals surface area contributed by atoms with Gasteiger partial charge in [-0.25, -0.2) is 0 Å². The Labute approximate surface area is 152 Å². The average molecular weight is 364 g/mol. The first kappa shape index (κ1) is 16.5. The molecule has 4 aliphatic carbocycles. The molecule has 6 heteroatoms. The van der Waals surface area contributed by atoms with Crippen LogP contribution in [0.3, 0.4) is 0 Å². The normalized spacial score (nSPS) is 66.8. The van der Waals surface area contributed by atoms with Crippen LogP contribution in [-0.2, 0) is 9.47 Å². The third-order valence-electron chi connectivity index (χ3n) is 9.32. The molecule has 7 fully saturated rings. The second-order valence-corrected chi connectivity index (χ2v) is 10.4. The Kier molecular flexibility index (Phi) is 2.68. The summed E-state index contributed by atoms with van der Waals surface area (Å²) in [5, 5.41) is 45.6. The molecule has 0 aromatic heterocycles. The van der Waals surface area contributed by atoms with E-state index in [2.05, 4.69) is 20.4 Å². The first-order valence-electron chi connectivity index (χ1n) is 9.87. The van der Waals surface area contributed by atoms with Gasteiger partial charge in [0.25, 0.3) is 0 Å². The lowest BCUT2D eigenvalue weighted by Crippen LogP contribution is -2.84. The van der Waals surface area contributed by atoms with Crippen LogP contribution in [0.2, 0.25) is 0 Å². The predicted octanol–water partition coefficient (Wildman–Crippen LogP) is 0.184. The van der Waals surface area contributed by atoms with E-state index in [1.165, 1.54) is 0 Å². The maximum absolute atomic E-state index is 11.7. The Bertz CT molecular complexity index is 721. The minimum atomic E-state index is -1.84. The van der Waals surface area contributed by atoms with Gasteiger partial charge in [-0.15, -0.1) is 0 Å². The second kappa shape index (κ2) is 4.24. The first-order chi connectivity index (χ1) is 12.1. The number of aliphatic hydroxyl groups is 4. The first-order valence-corrected chi connectivity index (χ1v) is 9.87. The van der Waals surface area contributed by atoms with Crippen molar-refractivity contribution >= 4 is 0 Å². The molecule has 7 rings (SSSR count). The lowest BCUT2D eigenvalue weighted by Gasteiger charge is -2.74. The molecule has 7 aliphatic rings. The highest BCUT2D eigenvalue weighted by molar-refractivity contribution is 5.40. The summed E-state index contributed by atoms with van der Waals surface area (Å²) in [6, 6.07) is 0. The van der Waals surface area contributed by atoms with Crippen LogP contribution in [0, 0.1) is 34.0 Å². The van der Waals surface area contributed by atoms with Crippen LogP contribution in [0.4, 0.5) is 0 Å². The van der Waals surface area contributed by atoms with E-state index >= 15 is 0 Å². The van der Waals surface area contributed by atoms with Crippen LogP contribution >= 0.6 is 0 Å². The zero-order valence-electron chi connectivity index (χ0n) is 15.3. The molecular formula is C20H28O6. The average Bonchev–Trinajstić information content (AvgIpc) is 3.34. The zero-order valence-corrected chi connectivity index (χ0v) is 15.3. The highest BCUT2D eigenvalue weighted by atomic mass is 16.6. The lowest BCUT2D eigenvalue weighted by atomic mass is 9.36. The third-order valence-corrected chi connectivity index (χ3v) is 9.32. The number of epoxide rings is 1. The van der Waals surface area contributed by atoms with Crippen molar-refractivity contribution < 1.29 is 29.9 Å². The minimum Gasteiger partial charge on any atom is -0.392 e. The van der Waals surface area contributed by atoms with Crippen LogP contribution < -0.4 is 0 Å². The van der Waals surface area contributed by atoms with Gasteiger partial charge in [0.15, 0.2) is 0 Å². The number of aliphatic hydroxyl groups excluding tert-OH is 3. The Morgan fingerprint density at radius 3 is 2.58 bits per heavy atom. The number of rotatable bonds is 0. The van der Waals surface area contributed by atoms with Crippen molar-refractivity contribution in [3.8, 4) is 0 Å². The highest BCUT2D eigenvalue weighted by Crippen LogP contribution is 2.79. The topological polar surface area (TPSA) is 103 Å². The number of fused-ring (bicyclic) bond motifs is 4. The summed E-state index contributed by atoms with van der Waals surface area (Å²) in [7, 11) is 0. The van der Waals surface area contributed by atoms with Crippen LogP contribution in [0.25, 0.3) is 0 Å². The van der Waals surface area contributed by atoms with Crippen molar-refractivity contribution in [2.24, 2.45) is 34.0 Å². The van der Waals surface area contributed by atoms with Crippen molar-refractivity contribution in [3.63, 3.8) is 0 Å². The molecule has 0 amide bonds. The van der Waals surface area contributed by atoms with Crippen molar-refractivity contribution in [3.05, 3.63) is 12.2 Å². The zero-order chi connectivity index (χ0) is 18.4. The van der Waals surface area contributed by atoms with E-state index in [9.17, 15) is 20.4 Å². The van der Waals surface area contributed by atoms with Gasteiger partial charge in [-0.3, -0.25) is 0 Å². The van der Waals surface area contributed by atoms with Gasteiger partial charge < -0.3 is 29.9 Å². The molecular weight excluding hydrogens is 336 g/mol. The quantitative estimate of drug-likeness (QED) is 0.361. The SMILES string of the molecule is C=C1[C@H]2C[C@@]3([C@@H]1O)[C@@H]([C@@H]1O[C@@H]12)[C@@]12COC3(O)[C@@H](O)[C@@H]1C(C)(C)CC[C@H]2O. The van der Waals surface area contributed by atoms with E-state index in [0.717, 1.165) is 6.42 Å². The van der Waals surface area contributed by atoms with Gasteiger partial charge >= 0.3 is 0 Å². The third kappa shape index (κ3) is 1.33. The second-order valence-electron chi connectivity index (χ2n) is 10.4. The van der Waals surface area contributed by atoms with Crippen molar-refractivity contribution in [2.75, 3.05) is 6.61 Å². The van der Waals surface area contributed by atoms with E-state index in [4.69, 9.17) is 9.47 Å². The van der Waals surface area contributed by atoms with Crippen LogP contribution in [0.15, 0.2) is 12.2 Å². The van der Waals surface area contributed by atoms with Crippen molar-refractivity contribution in [1.29, 1.82) is 0 Å². The summed E-state index contributed by atoms with van der Waals surface area (Å²) in [6.07, 6.45) is -0.972. The molecule has 4 N–H and O–H groups in total. The van der Waals surface area contributed by atoms with Crippen LogP contribution in [-0.4, -0.2) is 63.3 Å². The van der Waals surface area contributed by atoms with Crippen molar-refractivity contribution in [2.45, 2.75) is 69.4 Å². The van der Waals surface area contributed by atoms with Crippen LogP contribution in [0.5, 0.6) is 0 Å². The fourth-order valence-electron chi connectivity index (χ4n) is 8.36. The predicted molar refractivity (Wildman–Crippen MR) is 89.7 cm³/mol. The van der Waals surface area contributed by atoms with Gasteiger partial charge in [-0.1, -0.05) is 20.4 Å². The number of hydrogen-bond donors (Lipinski definition) is 4. The number of hydrogen-bond acceptors (Lipinski definition) is 6. The lowest BCUT2D eigenvalue weighted by molar-refractivity contribution is -0.465. The van der Waals surface area contributed by atoms with Crippen molar-refractivity contribution in [1.82, 2.24) is 0 Å². The number of ether oxygens (including phenoxy) is 2. The standard InChI is InChI=1S/C20H28O6/c1-8-9-6-19(15(8)22)13(12-11(9)26-12)18-7-25-20(19,24)16(23)14(18)17(2,3)5-4-10(18)21/h9-16,21-24H,1,4-7H2,2-3H3/t9-,10-,11-,12-,13+,14-,15-,16+,18+,19+,20?/m1/s1. The maximum atomic E-state index is 11.7.